The summed E-state index contributed by atoms with van der Waals surface area (Å²) in [4.78, 5) is 8.41. The highest BCUT2D eigenvalue weighted by Crippen LogP contribution is 2.11. The van der Waals surface area contributed by atoms with Gasteiger partial charge in [0.05, 0.1) is 0 Å². The van der Waals surface area contributed by atoms with Crippen LogP contribution in [0.5, 0.6) is 0 Å². The molecule has 0 aliphatic rings. The fraction of sp³-hybridized carbons (Fsp3) is 0.273. The average Bonchev–Trinajstić information content (AvgIpc) is 2.31. The predicted octanol–water partition coefficient (Wildman–Crippen LogP) is 2.70. The summed E-state index contributed by atoms with van der Waals surface area (Å²) >= 11 is 0. The zero-order chi connectivity index (χ0) is 10.4. The first-order valence-corrected chi connectivity index (χ1v) is 4.80. The SMILES string of the molecule is CC.CNc1ccc2cccnc2n1. The first-order chi connectivity index (χ1) is 6.90. The van der Waals surface area contributed by atoms with E-state index in [1.807, 2.05) is 45.2 Å². The van der Waals surface area contributed by atoms with Crippen molar-refractivity contribution >= 4 is 16.9 Å². The molecule has 2 heterocycles. The molecule has 3 nitrogen and oxygen atoms in total. The molecule has 2 aromatic rings. The molecule has 0 amide bonds. The molecule has 0 radical (unpaired) electrons. The molecule has 1 N–H and O–H groups in total. The maximum absolute atomic E-state index is 4.27. The third-order valence-electron chi connectivity index (χ3n) is 1.72. The normalized spacial score (nSPS) is 9.07. The van der Waals surface area contributed by atoms with Crippen LogP contribution >= 0.6 is 0 Å². The number of anilines is 1. The van der Waals surface area contributed by atoms with Crippen molar-refractivity contribution in [2.24, 2.45) is 0 Å². The predicted molar refractivity (Wildman–Crippen MR) is 60.4 cm³/mol. The van der Waals surface area contributed by atoms with E-state index in [2.05, 4.69) is 15.3 Å². The molecule has 0 saturated heterocycles. The molecule has 0 bridgehead atoms. The highest BCUT2D eigenvalue weighted by atomic mass is 15.0. The second kappa shape index (κ2) is 5.17. The Labute approximate surface area is 84.2 Å². The summed E-state index contributed by atoms with van der Waals surface area (Å²) in [7, 11) is 1.84. The number of hydrogen-bond acceptors (Lipinski definition) is 3. The number of nitrogens with zero attached hydrogens (tertiary/aromatic N) is 2. The minimum Gasteiger partial charge on any atom is -0.373 e. The summed E-state index contributed by atoms with van der Waals surface area (Å²) in [5.74, 6) is 0.848. The van der Waals surface area contributed by atoms with Gasteiger partial charge in [-0.2, -0.15) is 0 Å². The zero-order valence-corrected chi connectivity index (χ0v) is 8.78. The van der Waals surface area contributed by atoms with Crippen molar-refractivity contribution in [1.82, 2.24) is 9.97 Å². The van der Waals surface area contributed by atoms with E-state index in [9.17, 15) is 0 Å². The van der Waals surface area contributed by atoms with Crippen LogP contribution in [-0.4, -0.2) is 17.0 Å². The fourth-order valence-corrected chi connectivity index (χ4v) is 1.09. The van der Waals surface area contributed by atoms with Gasteiger partial charge < -0.3 is 5.32 Å². The summed E-state index contributed by atoms with van der Waals surface area (Å²) < 4.78 is 0. The number of fused-ring (bicyclic) bond motifs is 1. The van der Waals surface area contributed by atoms with Gasteiger partial charge in [0.1, 0.15) is 5.82 Å². The van der Waals surface area contributed by atoms with Crippen molar-refractivity contribution in [3.63, 3.8) is 0 Å². The minimum atomic E-state index is 0.782. The zero-order valence-electron chi connectivity index (χ0n) is 8.78. The molecule has 14 heavy (non-hydrogen) atoms. The minimum absolute atomic E-state index is 0.782. The van der Waals surface area contributed by atoms with Gasteiger partial charge in [0, 0.05) is 18.6 Å². The second-order valence-corrected chi connectivity index (χ2v) is 2.50. The van der Waals surface area contributed by atoms with E-state index in [1.165, 1.54) is 0 Å². The molecule has 3 heteroatoms. The molecule has 0 aliphatic carbocycles. The van der Waals surface area contributed by atoms with Gasteiger partial charge in [0.15, 0.2) is 5.65 Å². The Morgan fingerprint density at radius 2 is 1.93 bits per heavy atom. The molecular formula is C11H15N3. The molecule has 0 atom stereocenters. The third-order valence-corrected chi connectivity index (χ3v) is 1.72. The molecule has 2 rings (SSSR count). The van der Waals surface area contributed by atoms with Gasteiger partial charge in [-0.3, -0.25) is 0 Å². The van der Waals surface area contributed by atoms with E-state index in [1.54, 1.807) is 6.20 Å². The maximum atomic E-state index is 4.27. The Hall–Kier alpha value is -1.64. The van der Waals surface area contributed by atoms with E-state index < -0.39 is 0 Å². The topological polar surface area (TPSA) is 37.8 Å². The van der Waals surface area contributed by atoms with E-state index in [0.29, 0.717) is 0 Å². The van der Waals surface area contributed by atoms with E-state index in [0.717, 1.165) is 16.9 Å². The van der Waals surface area contributed by atoms with Gasteiger partial charge in [-0.25, -0.2) is 9.97 Å². The first-order valence-electron chi connectivity index (χ1n) is 4.80. The lowest BCUT2D eigenvalue weighted by Gasteiger charge is -1.99. The molecule has 0 unspecified atom stereocenters. The number of hydrogen-bond donors (Lipinski definition) is 1. The fourth-order valence-electron chi connectivity index (χ4n) is 1.09. The highest BCUT2D eigenvalue weighted by molar-refractivity contribution is 5.75. The van der Waals surface area contributed by atoms with Gasteiger partial charge >= 0.3 is 0 Å². The molecule has 0 fully saturated rings. The molecule has 74 valence electrons. The number of aromatic nitrogens is 2. The van der Waals surface area contributed by atoms with E-state index in [-0.39, 0.29) is 0 Å². The standard InChI is InChI=1S/C9H9N3.C2H6/c1-10-8-5-4-7-3-2-6-11-9(7)12-8;1-2/h2-6H,1H3,(H,10,11,12);1-2H3. The Kier molecular flexibility index (Phi) is 3.85. The van der Waals surface area contributed by atoms with Crippen molar-refractivity contribution < 1.29 is 0 Å². The van der Waals surface area contributed by atoms with Crippen molar-refractivity contribution in [3.8, 4) is 0 Å². The smallest absolute Gasteiger partial charge is 0.161 e. The van der Waals surface area contributed by atoms with Crippen LogP contribution in [0.4, 0.5) is 5.82 Å². The largest absolute Gasteiger partial charge is 0.373 e. The van der Waals surface area contributed by atoms with Crippen LogP contribution in [0.2, 0.25) is 0 Å². The summed E-state index contributed by atoms with van der Waals surface area (Å²) in [6.45, 7) is 4.00. The van der Waals surface area contributed by atoms with Crippen molar-refractivity contribution in [3.05, 3.63) is 30.5 Å². The summed E-state index contributed by atoms with van der Waals surface area (Å²) in [6.07, 6.45) is 1.74. The van der Waals surface area contributed by atoms with E-state index >= 15 is 0 Å². The van der Waals surface area contributed by atoms with Gasteiger partial charge in [0.25, 0.3) is 0 Å². The van der Waals surface area contributed by atoms with Crippen LogP contribution in [-0.2, 0) is 0 Å². The number of pyridine rings is 2. The molecule has 2 aromatic heterocycles. The molecule has 0 spiro atoms. The molecule has 0 aliphatic heterocycles. The quantitative estimate of drug-likeness (QED) is 0.749. The van der Waals surface area contributed by atoms with Gasteiger partial charge in [-0.1, -0.05) is 13.8 Å². The van der Waals surface area contributed by atoms with Crippen LogP contribution in [0.3, 0.4) is 0 Å². The van der Waals surface area contributed by atoms with Crippen molar-refractivity contribution in [2.45, 2.75) is 13.8 Å². The Morgan fingerprint density at radius 3 is 2.64 bits per heavy atom. The monoisotopic (exact) mass is 189 g/mol. The van der Waals surface area contributed by atoms with Crippen molar-refractivity contribution in [1.29, 1.82) is 0 Å². The number of nitrogens with one attached hydrogen (secondary N) is 1. The van der Waals surface area contributed by atoms with Crippen LogP contribution in [0, 0.1) is 0 Å². The summed E-state index contributed by atoms with van der Waals surface area (Å²) in [5, 5.41) is 4.03. The van der Waals surface area contributed by atoms with Crippen LogP contribution < -0.4 is 5.32 Å². The third kappa shape index (κ3) is 2.19. The second-order valence-electron chi connectivity index (χ2n) is 2.50. The average molecular weight is 189 g/mol. The molecule has 0 aromatic carbocycles. The van der Waals surface area contributed by atoms with Crippen molar-refractivity contribution in [2.75, 3.05) is 12.4 Å². The summed E-state index contributed by atoms with van der Waals surface area (Å²) in [6, 6.07) is 7.84. The molecule has 0 saturated carbocycles. The van der Waals surface area contributed by atoms with Crippen LogP contribution in [0.1, 0.15) is 13.8 Å². The highest BCUT2D eigenvalue weighted by Gasteiger charge is 1.94. The molecular weight excluding hydrogens is 174 g/mol. The lowest BCUT2D eigenvalue weighted by Crippen LogP contribution is -1.92. The van der Waals surface area contributed by atoms with Gasteiger partial charge in [0.2, 0.25) is 0 Å². The Morgan fingerprint density at radius 1 is 1.14 bits per heavy atom. The Bertz CT molecular complexity index is 398. The summed E-state index contributed by atoms with van der Waals surface area (Å²) in [5.41, 5.74) is 0.782. The lowest BCUT2D eigenvalue weighted by molar-refractivity contribution is 1.27. The van der Waals surface area contributed by atoms with Gasteiger partial charge in [-0.15, -0.1) is 0 Å². The number of rotatable bonds is 1. The van der Waals surface area contributed by atoms with Gasteiger partial charge in [-0.05, 0) is 24.3 Å². The lowest BCUT2D eigenvalue weighted by atomic mass is 10.3. The first kappa shape index (κ1) is 10.4. The maximum Gasteiger partial charge on any atom is 0.161 e. The van der Waals surface area contributed by atoms with Crippen LogP contribution in [0.25, 0.3) is 11.0 Å². The Balaban J connectivity index is 0.000000461. The van der Waals surface area contributed by atoms with Crippen LogP contribution in [0.15, 0.2) is 30.5 Å². The van der Waals surface area contributed by atoms with E-state index in [4.69, 9.17) is 0 Å².